The van der Waals surface area contributed by atoms with E-state index in [1.54, 1.807) is 12.1 Å². The number of halogens is 1. The largest absolute Gasteiger partial charge is 0.338 e. The minimum absolute atomic E-state index is 0.0662. The highest BCUT2D eigenvalue weighted by Crippen LogP contribution is 2.47. The fraction of sp³-hybridized carbons (Fsp3) is 0.571. The molecule has 1 N–H and O–H groups in total. The van der Waals surface area contributed by atoms with E-state index >= 15 is 0 Å². The quantitative estimate of drug-likeness (QED) is 0.823. The summed E-state index contributed by atoms with van der Waals surface area (Å²) in [6, 6.07) is 4.81. The van der Waals surface area contributed by atoms with Crippen LogP contribution in [-0.2, 0) is 5.41 Å². The first-order valence-electron chi connectivity index (χ1n) is 9.66. The minimum Gasteiger partial charge on any atom is -0.338 e. The molecule has 0 radical (unpaired) electrons. The number of allylic oxidation sites excluding steroid dienone is 1. The summed E-state index contributed by atoms with van der Waals surface area (Å²) in [6.45, 7) is 10.5. The Morgan fingerprint density at radius 3 is 2.69 bits per heavy atom. The molecule has 2 amide bonds. The highest BCUT2D eigenvalue weighted by atomic mass is 19.1. The van der Waals surface area contributed by atoms with Crippen molar-refractivity contribution in [1.29, 1.82) is 0 Å². The van der Waals surface area contributed by atoms with E-state index in [-0.39, 0.29) is 17.3 Å². The van der Waals surface area contributed by atoms with E-state index in [0.29, 0.717) is 13.1 Å². The molecule has 5 heteroatoms. The summed E-state index contributed by atoms with van der Waals surface area (Å²) < 4.78 is 14.0. The van der Waals surface area contributed by atoms with E-state index in [4.69, 9.17) is 0 Å². The van der Waals surface area contributed by atoms with Crippen LogP contribution in [0.1, 0.15) is 45.6 Å². The molecule has 1 aromatic rings. The fourth-order valence-electron chi connectivity index (χ4n) is 4.05. The average molecular weight is 359 g/mol. The van der Waals surface area contributed by atoms with Gasteiger partial charge in [0, 0.05) is 30.7 Å². The molecule has 1 fully saturated rings. The molecular weight excluding hydrogens is 329 g/mol. The zero-order chi connectivity index (χ0) is 18.7. The number of carbonyl (C=O) groups excluding carboxylic acids is 1. The molecule has 2 aliphatic heterocycles. The number of amides is 2. The molecule has 0 aromatic heterocycles. The third-order valence-electron chi connectivity index (χ3n) is 5.62. The first-order chi connectivity index (χ1) is 12.4. The van der Waals surface area contributed by atoms with E-state index in [1.807, 2.05) is 11.8 Å². The second-order valence-corrected chi connectivity index (χ2v) is 7.84. The van der Waals surface area contributed by atoms with Crippen molar-refractivity contribution < 1.29 is 9.18 Å². The van der Waals surface area contributed by atoms with Crippen molar-refractivity contribution >= 4 is 11.7 Å². The predicted molar refractivity (Wildman–Crippen MR) is 104 cm³/mol. The third kappa shape index (κ3) is 3.78. The maximum absolute atomic E-state index is 14.0. The molecule has 1 spiro atoms. The van der Waals surface area contributed by atoms with Gasteiger partial charge in [-0.3, -0.25) is 9.80 Å². The standard InChI is InChI=1S/C21H30FN3O/c1-4-10-23-20(26)25-15-21(18-14-17(22)5-6-19(18)25)8-12-24(13-9-21)11-7-16(2)3/h5-7,14H,4,8-13,15H2,1-3H3,(H,23,26). The number of likely N-dealkylation sites (tertiary alicyclic amines) is 1. The molecule has 2 heterocycles. The Morgan fingerprint density at radius 1 is 1.31 bits per heavy atom. The lowest BCUT2D eigenvalue weighted by atomic mass is 9.74. The van der Waals surface area contributed by atoms with E-state index in [1.165, 1.54) is 11.6 Å². The van der Waals surface area contributed by atoms with Crippen molar-refractivity contribution in [1.82, 2.24) is 10.2 Å². The van der Waals surface area contributed by atoms with Crippen molar-refractivity contribution in [3.63, 3.8) is 0 Å². The molecule has 142 valence electrons. The smallest absolute Gasteiger partial charge is 0.321 e. The zero-order valence-corrected chi connectivity index (χ0v) is 16.1. The number of hydrogen-bond acceptors (Lipinski definition) is 2. The van der Waals surface area contributed by atoms with Crippen molar-refractivity contribution in [3.8, 4) is 0 Å². The highest BCUT2D eigenvalue weighted by Gasteiger charge is 2.46. The molecule has 2 aliphatic rings. The number of piperidine rings is 1. The first kappa shape index (κ1) is 18.9. The number of anilines is 1. The number of rotatable bonds is 4. The van der Waals surface area contributed by atoms with Gasteiger partial charge in [-0.15, -0.1) is 0 Å². The molecule has 0 atom stereocenters. The van der Waals surface area contributed by atoms with E-state index < -0.39 is 0 Å². The van der Waals surface area contributed by atoms with Gasteiger partial charge in [0.05, 0.1) is 0 Å². The summed E-state index contributed by atoms with van der Waals surface area (Å²) in [4.78, 5) is 16.9. The molecule has 0 saturated carbocycles. The van der Waals surface area contributed by atoms with Gasteiger partial charge in [0.1, 0.15) is 5.82 Å². The van der Waals surface area contributed by atoms with Crippen LogP contribution in [-0.4, -0.2) is 43.7 Å². The Kier molecular flexibility index (Phi) is 5.66. The Balaban J connectivity index is 1.80. The lowest BCUT2D eigenvalue weighted by Gasteiger charge is -2.39. The lowest BCUT2D eigenvalue weighted by molar-refractivity contribution is 0.179. The summed E-state index contributed by atoms with van der Waals surface area (Å²) in [5.74, 6) is -0.217. The third-order valence-corrected chi connectivity index (χ3v) is 5.62. The predicted octanol–water partition coefficient (Wildman–Crippen LogP) is 4.07. The van der Waals surface area contributed by atoms with Crippen LogP contribution >= 0.6 is 0 Å². The molecule has 0 aliphatic carbocycles. The van der Waals surface area contributed by atoms with Crippen molar-refractivity contribution in [3.05, 3.63) is 41.2 Å². The molecule has 0 unspecified atom stereocenters. The van der Waals surface area contributed by atoms with Crippen molar-refractivity contribution in [2.75, 3.05) is 37.6 Å². The zero-order valence-electron chi connectivity index (χ0n) is 16.1. The maximum atomic E-state index is 14.0. The number of nitrogens with zero attached hydrogens (tertiary/aromatic N) is 2. The molecular formula is C21H30FN3O. The van der Waals surface area contributed by atoms with Crippen molar-refractivity contribution in [2.24, 2.45) is 0 Å². The van der Waals surface area contributed by atoms with E-state index in [9.17, 15) is 9.18 Å². The van der Waals surface area contributed by atoms with Crippen LogP contribution in [0, 0.1) is 5.82 Å². The van der Waals surface area contributed by atoms with Crippen molar-refractivity contribution in [2.45, 2.75) is 45.4 Å². The van der Waals surface area contributed by atoms with E-state index in [2.05, 4.69) is 30.1 Å². The Labute approximate surface area is 156 Å². The summed E-state index contributed by atoms with van der Waals surface area (Å²) in [7, 11) is 0. The van der Waals surface area contributed by atoms with Gasteiger partial charge in [-0.05, 0) is 70.0 Å². The van der Waals surface area contributed by atoms with Crippen LogP contribution in [0.3, 0.4) is 0 Å². The normalized spacial score (nSPS) is 18.7. The SMILES string of the molecule is CCCNC(=O)N1CC2(CCN(CC=C(C)C)CC2)c2cc(F)ccc21. The Morgan fingerprint density at radius 2 is 2.04 bits per heavy atom. The second-order valence-electron chi connectivity index (χ2n) is 7.84. The number of nitrogens with one attached hydrogen (secondary N) is 1. The molecule has 4 nitrogen and oxygen atoms in total. The van der Waals surface area contributed by atoms with Crippen LogP contribution < -0.4 is 10.2 Å². The van der Waals surface area contributed by atoms with Gasteiger partial charge in [0.15, 0.2) is 0 Å². The van der Waals surface area contributed by atoms with Crippen LogP contribution in [0.4, 0.5) is 14.9 Å². The van der Waals surface area contributed by atoms with Gasteiger partial charge in [-0.25, -0.2) is 9.18 Å². The fourth-order valence-corrected chi connectivity index (χ4v) is 4.05. The Bertz CT molecular complexity index is 688. The molecule has 1 saturated heterocycles. The number of urea groups is 1. The van der Waals surface area contributed by atoms with Gasteiger partial charge in [-0.2, -0.15) is 0 Å². The maximum Gasteiger partial charge on any atom is 0.321 e. The summed E-state index contributed by atoms with van der Waals surface area (Å²) in [5, 5.41) is 2.97. The van der Waals surface area contributed by atoms with Crippen LogP contribution in [0.15, 0.2) is 29.8 Å². The van der Waals surface area contributed by atoms with Gasteiger partial charge in [0.25, 0.3) is 0 Å². The highest BCUT2D eigenvalue weighted by molar-refractivity contribution is 5.95. The topological polar surface area (TPSA) is 35.6 Å². The van der Waals surface area contributed by atoms with Gasteiger partial charge < -0.3 is 5.32 Å². The molecule has 26 heavy (non-hydrogen) atoms. The summed E-state index contributed by atoms with van der Waals surface area (Å²) in [5.41, 5.74) is 3.09. The number of fused-ring (bicyclic) bond motifs is 2. The van der Waals surface area contributed by atoms with Crippen LogP contribution in [0.5, 0.6) is 0 Å². The van der Waals surface area contributed by atoms with Crippen LogP contribution in [0.2, 0.25) is 0 Å². The number of carbonyl (C=O) groups is 1. The monoisotopic (exact) mass is 359 g/mol. The summed E-state index contributed by atoms with van der Waals surface area (Å²) in [6.07, 6.45) is 5.07. The van der Waals surface area contributed by atoms with Gasteiger partial charge in [-0.1, -0.05) is 18.6 Å². The average Bonchev–Trinajstić information content (AvgIpc) is 2.93. The minimum atomic E-state index is -0.217. The first-order valence-corrected chi connectivity index (χ1v) is 9.66. The summed E-state index contributed by atoms with van der Waals surface area (Å²) >= 11 is 0. The van der Waals surface area contributed by atoms with E-state index in [0.717, 1.165) is 50.1 Å². The molecule has 1 aromatic carbocycles. The van der Waals surface area contributed by atoms with Gasteiger partial charge in [0.2, 0.25) is 0 Å². The molecule has 3 rings (SSSR count). The van der Waals surface area contributed by atoms with Gasteiger partial charge >= 0.3 is 6.03 Å². The number of hydrogen-bond donors (Lipinski definition) is 1. The molecule has 0 bridgehead atoms. The lowest BCUT2D eigenvalue weighted by Crippen LogP contribution is -2.47. The number of benzene rings is 1. The van der Waals surface area contributed by atoms with Crippen LogP contribution in [0.25, 0.3) is 0 Å². The second kappa shape index (κ2) is 7.78. The Hall–Kier alpha value is -1.88.